The summed E-state index contributed by atoms with van der Waals surface area (Å²) in [5.41, 5.74) is 0.919. The number of alkyl halides is 5. The van der Waals surface area contributed by atoms with Gasteiger partial charge in [0.25, 0.3) is 0 Å². The third-order valence-electron chi connectivity index (χ3n) is 6.15. The number of pyridine rings is 2. The highest BCUT2D eigenvalue weighted by Crippen LogP contribution is 2.48. The molecule has 3 heterocycles. The van der Waals surface area contributed by atoms with E-state index < -0.39 is 17.8 Å². The summed E-state index contributed by atoms with van der Waals surface area (Å²) in [7, 11) is 0. The molecule has 1 saturated carbocycles. The van der Waals surface area contributed by atoms with Gasteiger partial charge in [-0.05, 0) is 41.9 Å². The van der Waals surface area contributed by atoms with Gasteiger partial charge in [0, 0.05) is 29.5 Å². The molecular weight excluding hydrogens is 497 g/mol. The highest BCUT2D eigenvalue weighted by Gasteiger charge is 2.60. The molecule has 0 radical (unpaired) electrons. The summed E-state index contributed by atoms with van der Waals surface area (Å²) in [4.78, 5) is 8.62. The predicted octanol–water partition coefficient (Wildman–Crippen LogP) is 6.80. The van der Waals surface area contributed by atoms with Crippen LogP contribution in [0.4, 0.5) is 22.0 Å². The minimum Gasteiger partial charge on any atom is -0.254 e. The number of nitrogens with zero attached hydrogens (tertiary/aromatic N) is 5. The molecule has 0 spiro atoms. The number of hydrogen-bond donors (Lipinski definition) is 0. The highest BCUT2D eigenvalue weighted by molar-refractivity contribution is 7.99. The van der Waals surface area contributed by atoms with Crippen LogP contribution in [0.1, 0.15) is 31.0 Å². The van der Waals surface area contributed by atoms with E-state index in [4.69, 9.17) is 0 Å². The molecule has 11 heteroatoms. The largest absolute Gasteiger partial charge is 0.459 e. The van der Waals surface area contributed by atoms with Crippen LogP contribution in [0.2, 0.25) is 0 Å². The van der Waals surface area contributed by atoms with Crippen molar-refractivity contribution in [1.82, 2.24) is 19.7 Å². The number of benzene rings is 1. The second-order valence-corrected chi connectivity index (χ2v) is 9.83. The van der Waals surface area contributed by atoms with Gasteiger partial charge in [0.1, 0.15) is 5.69 Å². The maximum Gasteiger partial charge on any atom is 0.459 e. The van der Waals surface area contributed by atoms with E-state index in [1.54, 1.807) is 6.20 Å². The Kier molecular flexibility index (Phi) is 5.75. The van der Waals surface area contributed by atoms with Gasteiger partial charge in [0.05, 0.1) is 21.9 Å². The Morgan fingerprint density at radius 2 is 1.75 bits per heavy atom. The minimum atomic E-state index is -5.76. The van der Waals surface area contributed by atoms with Crippen molar-refractivity contribution in [2.75, 3.05) is 5.75 Å². The van der Waals surface area contributed by atoms with Gasteiger partial charge in [-0.1, -0.05) is 31.2 Å². The lowest BCUT2D eigenvalue weighted by Crippen LogP contribution is -2.34. The molecule has 0 aliphatic heterocycles. The molecular formula is C25H18F5N5S. The van der Waals surface area contributed by atoms with E-state index >= 15 is 0 Å². The summed E-state index contributed by atoms with van der Waals surface area (Å²) in [5.74, 6) is -3.95. The first-order valence-corrected chi connectivity index (χ1v) is 12.0. The molecule has 5 rings (SSSR count). The van der Waals surface area contributed by atoms with E-state index in [1.165, 1.54) is 22.6 Å². The van der Waals surface area contributed by atoms with Gasteiger partial charge in [-0.25, -0.2) is 9.67 Å². The van der Waals surface area contributed by atoms with Crippen molar-refractivity contribution < 1.29 is 22.0 Å². The Hall–Kier alpha value is -3.52. The lowest BCUT2D eigenvalue weighted by atomic mass is 9.95. The number of halogens is 5. The molecule has 3 aromatic heterocycles. The van der Waals surface area contributed by atoms with Crippen molar-refractivity contribution in [1.29, 1.82) is 5.26 Å². The van der Waals surface area contributed by atoms with Crippen LogP contribution in [0.3, 0.4) is 0 Å². The molecule has 1 aliphatic rings. The van der Waals surface area contributed by atoms with Crippen molar-refractivity contribution in [3.05, 3.63) is 66.2 Å². The fraction of sp³-hybridized carbons (Fsp3) is 0.280. The summed E-state index contributed by atoms with van der Waals surface area (Å²) in [6.45, 7) is 1.96. The third kappa shape index (κ3) is 4.09. The number of hydrogen-bond acceptors (Lipinski definition) is 5. The van der Waals surface area contributed by atoms with Crippen LogP contribution < -0.4 is 0 Å². The van der Waals surface area contributed by atoms with Crippen molar-refractivity contribution in [3.63, 3.8) is 0 Å². The van der Waals surface area contributed by atoms with Gasteiger partial charge in [-0.2, -0.15) is 32.3 Å². The normalized spacial score (nSPS) is 15.1. The average Bonchev–Trinajstić information content (AvgIpc) is 3.54. The topological polar surface area (TPSA) is 67.4 Å². The minimum absolute atomic E-state index is 0.0515. The zero-order valence-corrected chi connectivity index (χ0v) is 19.7. The van der Waals surface area contributed by atoms with E-state index in [-0.39, 0.29) is 10.9 Å². The average molecular weight is 516 g/mol. The summed E-state index contributed by atoms with van der Waals surface area (Å²) in [6.07, 6.45) is 0.0498. The molecule has 36 heavy (non-hydrogen) atoms. The van der Waals surface area contributed by atoms with Crippen LogP contribution in [0.25, 0.3) is 27.8 Å². The Morgan fingerprint density at radius 3 is 2.36 bits per heavy atom. The van der Waals surface area contributed by atoms with Crippen molar-refractivity contribution in [3.8, 4) is 23.0 Å². The first kappa shape index (κ1) is 24.2. The molecule has 1 aromatic carbocycles. The van der Waals surface area contributed by atoms with Crippen LogP contribution in [-0.2, 0) is 11.3 Å². The SMILES string of the molecule is CCSc1cc(-c2ccc(C3(C#N)CC3)cc2)cnc1-n1cc2cnc(C(F)(F)C(F)(F)F)cc2n1. The van der Waals surface area contributed by atoms with Crippen LogP contribution in [-0.4, -0.2) is 31.7 Å². The molecule has 0 atom stereocenters. The predicted molar refractivity (Wildman–Crippen MR) is 125 cm³/mol. The maximum atomic E-state index is 13.8. The molecule has 1 aliphatic carbocycles. The molecule has 0 unspecified atom stereocenters. The van der Waals surface area contributed by atoms with Crippen LogP contribution in [0, 0.1) is 11.3 Å². The first-order valence-electron chi connectivity index (χ1n) is 11.0. The lowest BCUT2D eigenvalue weighted by molar-refractivity contribution is -0.290. The van der Waals surface area contributed by atoms with Gasteiger partial charge in [0.15, 0.2) is 5.82 Å². The molecule has 1 fully saturated rings. The molecule has 0 N–H and O–H groups in total. The van der Waals surface area contributed by atoms with E-state index in [0.29, 0.717) is 23.0 Å². The second-order valence-electron chi connectivity index (χ2n) is 8.52. The summed E-state index contributed by atoms with van der Waals surface area (Å²) in [5, 5.41) is 13.9. The number of nitriles is 1. The van der Waals surface area contributed by atoms with E-state index in [2.05, 4.69) is 21.1 Å². The highest BCUT2D eigenvalue weighted by atomic mass is 32.2. The Labute approximate surface area is 207 Å². The van der Waals surface area contributed by atoms with E-state index in [1.807, 2.05) is 37.3 Å². The zero-order chi connectivity index (χ0) is 25.7. The fourth-order valence-electron chi connectivity index (χ4n) is 3.94. The summed E-state index contributed by atoms with van der Waals surface area (Å²) in [6, 6.07) is 12.8. The zero-order valence-electron chi connectivity index (χ0n) is 18.9. The monoisotopic (exact) mass is 515 g/mol. The van der Waals surface area contributed by atoms with Crippen LogP contribution in [0.15, 0.2) is 59.9 Å². The lowest BCUT2D eigenvalue weighted by Gasteiger charge is -2.18. The third-order valence-corrected chi connectivity index (χ3v) is 7.05. The fourth-order valence-corrected chi connectivity index (χ4v) is 4.74. The molecule has 184 valence electrons. The van der Waals surface area contributed by atoms with E-state index in [0.717, 1.165) is 40.6 Å². The van der Waals surface area contributed by atoms with E-state index in [9.17, 15) is 27.2 Å². The Balaban J connectivity index is 1.50. The van der Waals surface area contributed by atoms with Gasteiger partial charge in [-0.15, -0.1) is 11.8 Å². The number of thioether (sulfide) groups is 1. The molecule has 4 aromatic rings. The molecule has 0 bridgehead atoms. The second kappa shape index (κ2) is 8.55. The molecule has 0 amide bonds. The number of rotatable bonds is 6. The molecule has 5 nitrogen and oxygen atoms in total. The standard InChI is InChI=1S/C25H18F5N5S/c1-2-36-20-9-16(15-3-5-18(6-4-15)23(14-31)7-8-23)11-33-22(20)35-13-17-12-32-21(10-19(17)34-35)24(26,27)25(28,29)30/h3-6,9-13H,2,7-8H2,1H3. The van der Waals surface area contributed by atoms with Gasteiger partial charge in [0.2, 0.25) is 0 Å². The van der Waals surface area contributed by atoms with Gasteiger partial charge >= 0.3 is 12.1 Å². The quantitative estimate of drug-likeness (QED) is 0.209. The van der Waals surface area contributed by atoms with Crippen LogP contribution >= 0.6 is 11.8 Å². The molecule has 0 saturated heterocycles. The van der Waals surface area contributed by atoms with Crippen LogP contribution in [0.5, 0.6) is 0 Å². The van der Waals surface area contributed by atoms with Gasteiger partial charge in [-0.3, -0.25) is 4.98 Å². The van der Waals surface area contributed by atoms with Crippen molar-refractivity contribution in [2.24, 2.45) is 0 Å². The van der Waals surface area contributed by atoms with Crippen molar-refractivity contribution >= 4 is 22.7 Å². The van der Waals surface area contributed by atoms with Crippen molar-refractivity contribution in [2.45, 2.75) is 42.2 Å². The number of fused-ring (bicyclic) bond motifs is 1. The maximum absolute atomic E-state index is 13.8. The number of aromatic nitrogens is 4. The smallest absolute Gasteiger partial charge is 0.254 e. The van der Waals surface area contributed by atoms with Gasteiger partial charge < -0.3 is 0 Å². The summed E-state index contributed by atoms with van der Waals surface area (Å²) < 4.78 is 67.2. The Bertz CT molecular complexity index is 1480. The Morgan fingerprint density at radius 1 is 1.03 bits per heavy atom. The summed E-state index contributed by atoms with van der Waals surface area (Å²) >= 11 is 1.50. The first-order chi connectivity index (χ1) is 17.1.